The Labute approximate surface area is 190 Å². The van der Waals surface area contributed by atoms with Crippen LogP contribution in [0, 0.1) is 6.92 Å². The molecule has 0 amide bonds. The SMILES string of the molecule is COC(N)=CC(C)=Nc1nc(-n2cnc3cc(Nc4ccc(C)nn4)ccc32)ccc1CO. The summed E-state index contributed by atoms with van der Waals surface area (Å²) in [7, 11) is 1.48. The van der Waals surface area contributed by atoms with Crippen molar-refractivity contribution in [2.24, 2.45) is 10.7 Å². The molecule has 0 aliphatic heterocycles. The number of allylic oxidation sites excluding steroid dienone is 1. The summed E-state index contributed by atoms with van der Waals surface area (Å²) in [5.41, 5.74) is 10.2. The first-order valence-corrected chi connectivity index (χ1v) is 10.2. The number of aryl methyl sites for hydroxylation is 1. The number of hydrogen-bond donors (Lipinski definition) is 3. The first-order valence-electron chi connectivity index (χ1n) is 10.2. The highest BCUT2D eigenvalue weighted by Gasteiger charge is 2.11. The number of nitrogens with one attached hydrogen (secondary N) is 1. The molecule has 4 aromatic rings. The molecule has 0 bridgehead atoms. The van der Waals surface area contributed by atoms with Crippen LogP contribution in [0.4, 0.5) is 17.3 Å². The van der Waals surface area contributed by atoms with E-state index >= 15 is 0 Å². The van der Waals surface area contributed by atoms with Gasteiger partial charge in [0, 0.05) is 23.0 Å². The van der Waals surface area contributed by atoms with Crippen molar-refractivity contribution >= 4 is 34.1 Å². The van der Waals surface area contributed by atoms with E-state index in [1.165, 1.54) is 7.11 Å². The summed E-state index contributed by atoms with van der Waals surface area (Å²) in [6.07, 6.45) is 3.29. The van der Waals surface area contributed by atoms with E-state index in [-0.39, 0.29) is 12.5 Å². The Kier molecular flexibility index (Phi) is 6.27. The normalized spacial score (nSPS) is 12.2. The Morgan fingerprint density at radius 2 is 2.06 bits per heavy atom. The number of rotatable bonds is 7. The van der Waals surface area contributed by atoms with Gasteiger partial charge >= 0.3 is 0 Å². The van der Waals surface area contributed by atoms with Crippen molar-refractivity contribution in [2.75, 3.05) is 12.4 Å². The molecule has 168 valence electrons. The molecule has 3 heterocycles. The topological polar surface area (TPSA) is 136 Å². The molecular weight excluding hydrogens is 420 g/mol. The molecule has 0 unspecified atom stereocenters. The number of anilines is 2. The maximum absolute atomic E-state index is 9.71. The first kappa shape index (κ1) is 21.9. The molecule has 4 rings (SSSR count). The van der Waals surface area contributed by atoms with E-state index in [1.54, 1.807) is 25.4 Å². The molecule has 0 fully saturated rings. The Balaban J connectivity index is 1.67. The Bertz CT molecular complexity index is 1340. The lowest BCUT2D eigenvalue weighted by Gasteiger charge is -2.09. The summed E-state index contributed by atoms with van der Waals surface area (Å²) >= 11 is 0. The molecule has 1 aromatic carbocycles. The lowest BCUT2D eigenvalue weighted by Crippen LogP contribution is -2.03. The number of fused-ring (bicyclic) bond motifs is 1. The van der Waals surface area contributed by atoms with E-state index in [4.69, 9.17) is 10.5 Å². The highest BCUT2D eigenvalue weighted by atomic mass is 16.5. The van der Waals surface area contributed by atoms with Gasteiger partial charge in [-0.3, -0.25) is 4.57 Å². The number of nitrogens with two attached hydrogens (primary N) is 1. The Morgan fingerprint density at radius 3 is 2.79 bits per heavy atom. The van der Waals surface area contributed by atoms with Gasteiger partial charge in [-0.25, -0.2) is 15.0 Å². The Morgan fingerprint density at radius 1 is 1.21 bits per heavy atom. The zero-order valence-electron chi connectivity index (χ0n) is 18.5. The van der Waals surface area contributed by atoms with Crippen LogP contribution in [0.15, 0.2) is 65.7 Å². The molecule has 0 saturated heterocycles. The maximum Gasteiger partial charge on any atom is 0.185 e. The van der Waals surface area contributed by atoms with Crippen molar-refractivity contribution in [1.29, 1.82) is 0 Å². The molecule has 0 spiro atoms. The fraction of sp³-hybridized carbons (Fsp3) is 0.174. The zero-order valence-corrected chi connectivity index (χ0v) is 18.5. The van der Waals surface area contributed by atoms with Crippen LogP contribution in [0.5, 0.6) is 0 Å². The van der Waals surface area contributed by atoms with Crippen LogP contribution in [-0.4, -0.2) is 42.7 Å². The Hall–Kier alpha value is -4.31. The van der Waals surface area contributed by atoms with Crippen LogP contribution in [0.25, 0.3) is 16.9 Å². The van der Waals surface area contributed by atoms with Gasteiger partial charge < -0.3 is 20.9 Å². The number of ether oxygens (including phenoxy) is 1. The number of methoxy groups -OCH3 is 1. The lowest BCUT2D eigenvalue weighted by molar-refractivity contribution is 0.282. The number of benzene rings is 1. The number of hydrogen-bond acceptors (Lipinski definition) is 9. The number of aliphatic imine (C=N–C) groups is 1. The third kappa shape index (κ3) is 4.96. The van der Waals surface area contributed by atoms with Gasteiger partial charge in [-0.1, -0.05) is 0 Å². The maximum atomic E-state index is 9.71. The predicted molar refractivity (Wildman–Crippen MR) is 127 cm³/mol. The van der Waals surface area contributed by atoms with Crippen molar-refractivity contribution < 1.29 is 9.84 Å². The van der Waals surface area contributed by atoms with E-state index in [0.717, 1.165) is 22.4 Å². The third-order valence-electron chi connectivity index (χ3n) is 4.85. The molecule has 10 nitrogen and oxygen atoms in total. The molecule has 0 aliphatic carbocycles. The van der Waals surface area contributed by atoms with Crippen molar-refractivity contribution in [2.45, 2.75) is 20.5 Å². The number of imidazole rings is 1. The van der Waals surface area contributed by atoms with Crippen LogP contribution in [-0.2, 0) is 11.3 Å². The van der Waals surface area contributed by atoms with Gasteiger partial charge in [0.05, 0.1) is 30.4 Å². The highest BCUT2D eigenvalue weighted by Crippen LogP contribution is 2.25. The fourth-order valence-corrected chi connectivity index (χ4v) is 3.17. The minimum Gasteiger partial charge on any atom is -0.483 e. The molecule has 0 atom stereocenters. The van der Waals surface area contributed by atoms with Crippen LogP contribution < -0.4 is 11.1 Å². The van der Waals surface area contributed by atoms with Crippen molar-refractivity contribution in [3.63, 3.8) is 0 Å². The molecule has 4 N–H and O–H groups in total. The molecule has 0 radical (unpaired) electrons. The largest absolute Gasteiger partial charge is 0.483 e. The van der Waals surface area contributed by atoms with Gasteiger partial charge in [-0.05, 0) is 56.3 Å². The summed E-state index contributed by atoms with van der Waals surface area (Å²) in [5.74, 6) is 1.90. The quantitative estimate of drug-likeness (QED) is 0.292. The molecule has 0 aliphatic rings. The lowest BCUT2D eigenvalue weighted by atomic mass is 10.2. The van der Waals surface area contributed by atoms with Crippen LogP contribution in [0.1, 0.15) is 18.2 Å². The van der Waals surface area contributed by atoms with Gasteiger partial charge in [0.1, 0.15) is 12.1 Å². The molecule has 3 aromatic heterocycles. The summed E-state index contributed by atoms with van der Waals surface area (Å²) in [6, 6.07) is 13.2. The van der Waals surface area contributed by atoms with E-state index in [0.29, 0.717) is 28.7 Å². The number of nitrogens with zero attached hydrogens (tertiary/aromatic N) is 6. The smallest absolute Gasteiger partial charge is 0.185 e. The second kappa shape index (κ2) is 9.45. The number of pyridine rings is 1. The third-order valence-corrected chi connectivity index (χ3v) is 4.85. The van der Waals surface area contributed by atoms with Crippen LogP contribution >= 0.6 is 0 Å². The highest BCUT2D eigenvalue weighted by molar-refractivity contribution is 5.94. The second-order valence-electron chi connectivity index (χ2n) is 7.32. The van der Waals surface area contributed by atoms with Gasteiger partial charge in [0.15, 0.2) is 17.5 Å². The van der Waals surface area contributed by atoms with Crippen molar-refractivity contribution in [3.05, 3.63) is 72.0 Å². The van der Waals surface area contributed by atoms with Crippen molar-refractivity contribution in [1.82, 2.24) is 24.7 Å². The van der Waals surface area contributed by atoms with Gasteiger partial charge in [-0.15, -0.1) is 5.10 Å². The second-order valence-corrected chi connectivity index (χ2v) is 7.32. The summed E-state index contributed by atoms with van der Waals surface area (Å²) in [6.45, 7) is 3.48. The summed E-state index contributed by atoms with van der Waals surface area (Å²) < 4.78 is 6.82. The van der Waals surface area contributed by atoms with E-state index < -0.39 is 0 Å². The minimum atomic E-state index is -0.190. The minimum absolute atomic E-state index is 0.190. The standard InChI is InChI=1S/C23H24N8O2/c1-14-4-8-21(30-29-14)27-17-6-7-19-18(11-17)25-13-31(19)22-9-5-16(12-32)23(28-22)26-15(2)10-20(24)33-3/h4-11,13,32H,12,24H2,1-3H3,(H,27,30). The number of aliphatic hydroxyl groups is 1. The predicted octanol–water partition coefficient (Wildman–Crippen LogP) is 3.29. The van der Waals surface area contributed by atoms with Crippen LogP contribution in [0.3, 0.4) is 0 Å². The molecular formula is C23H24N8O2. The van der Waals surface area contributed by atoms with Gasteiger partial charge in [-0.2, -0.15) is 5.10 Å². The fourth-order valence-electron chi connectivity index (χ4n) is 3.17. The van der Waals surface area contributed by atoms with E-state index in [1.807, 2.05) is 47.9 Å². The molecule has 0 saturated carbocycles. The molecule has 10 heteroatoms. The average molecular weight is 444 g/mol. The average Bonchev–Trinajstić information content (AvgIpc) is 3.23. The summed E-state index contributed by atoms with van der Waals surface area (Å²) in [4.78, 5) is 13.6. The summed E-state index contributed by atoms with van der Waals surface area (Å²) in [5, 5.41) is 21.1. The zero-order chi connectivity index (χ0) is 23.4. The van der Waals surface area contributed by atoms with E-state index in [2.05, 4.69) is 30.5 Å². The number of aromatic nitrogens is 5. The van der Waals surface area contributed by atoms with E-state index in [9.17, 15) is 5.11 Å². The monoisotopic (exact) mass is 444 g/mol. The van der Waals surface area contributed by atoms with Gasteiger partial charge in [0.2, 0.25) is 0 Å². The first-order chi connectivity index (χ1) is 16.0. The van der Waals surface area contributed by atoms with Gasteiger partial charge in [0.25, 0.3) is 0 Å². The van der Waals surface area contributed by atoms with Crippen molar-refractivity contribution in [3.8, 4) is 5.82 Å². The number of aliphatic hydroxyl groups excluding tert-OH is 1. The molecule has 33 heavy (non-hydrogen) atoms. The van der Waals surface area contributed by atoms with Crippen LogP contribution in [0.2, 0.25) is 0 Å².